The van der Waals surface area contributed by atoms with E-state index in [0.717, 1.165) is 0 Å². The van der Waals surface area contributed by atoms with Crippen molar-refractivity contribution in [3.63, 3.8) is 0 Å². The lowest BCUT2D eigenvalue weighted by atomic mass is 10.2. The maximum absolute atomic E-state index is 8.60. The number of para-hydroxylation sites is 2. The Kier molecular flexibility index (Phi) is 3.32. The first kappa shape index (κ1) is 13.9. The first-order valence-corrected chi connectivity index (χ1v) is 7.29. The van der Waals surface area contributed by atoms with Crippen LogP contribution in [0.2, 0.25) is 0 Å². The minimum absolute atomic E-state index is 1.18. The van der Waals surface area contributed by atoms with Crippen molar-refractivity contribution < 1.29 is 28.9 Å². The third-order valence-electron chi connectivity index (χ3n) is 3.14. The number of rotatable bonds is 0. The quantitative estimate of drug-likeness (QED) is 0.454. The second kappa shape index (κ2) is 5.03. The van der Waals surface area contributed by atoms with Gasteiger partial charge in [0, 0.05) is 17.0 Å². The number of aromatic amines is 1. The molecule has 4 rings (SSSR count). The molecule has 0 saturated carbocycles. The van der Waals surface area contributed by atoms with Crippen LogP contribution in [0.3, 0.4) is 0 Å². The summed E-state index contributed by atoms with van der Waals surface area (Å²) in [4.78, 5) is 3.46. The van der Waals surface area contributed by atoms with Crippen LogP contribution in [0.25, 0.3) is 27.5 Å². The summed E-state index contributed by atoms with van der Waals surface area (Å²) in [5.74, 6) is 0. The van der Waals surface area contributed by atoms with Gasteiger partial charge in [0.25, 0.3) is 0 Å². The summed E-state index contributed by atoms with van der Waals surface area (Å²) in [5.41, 5.74) is 3.59. The van der Waals surface area contributed by atoms with Gasteiger partial charge >= 0.3 is 0 Å². The van der Waals surface area contributed by atoms with Crippen molar-refractivity contribution in [1.29, 1.82) is 0 Å². The van der Waals surface area contributed by atoms with Crippen LogP contribution in [0.5, 0.6) is 0 Å². The highest BCUT2D eigenvalue weighted by Gasteiger charge is 2.07. The molecule has 2 heterocycles. The molecule has 0 saturated heterocycles. The van der Waals surface area contributed by atoms with E-state index in [0.29, 0.717) is 0 Å². The average Bonchev–Trinajstić information content (AvgIpc) is 2.93. The average molecular weight is 307 g/mol. The normalized spacial score (nSPS) is 11.8. The standard InChI is InChI=1S/C14H10N2.ClHO4/c1-2-6-11-10(5-1)9-16-13-8-4-3-7-12(13)15-14(11)16;2-1(3,4)5/h1-9,15H;(H,2,3,4,5). The zero-order valence-corrected chi connectivity index (χ0v) is 11.4. The van der Waals surface area contributed by atoms with Crippen molar-refractivity contribution >= 4 is 27.5 Å². The molecule has 0 aliphatic heterocycles. The first-order chi connectivity index (χ1) is 9.93. The predicted molar refractivity (Wildman–Crippen MR) is 69.0 cm³/mol. The molecule has 0 radical (unpaired) electrons. The van der Waals surface area contributed by atoms with Gasteiger partial charge in [-0.15, -0.1) is 0 Å². The highest BCUT2D eigenvalue weighted by molar-refractivity contribution is 5.99. The van der Waals surface area contributed by atoms with Crippen LogP contribution < -0.4 is 14.0 Å². The highest BCUT2D eigenvalue weighted by atomic mass is 35.7. The van der Waals surface area contributed by atoms with Crippen molar-refractivity contribution in [2.24, 2.45) is 0 Å². The van der Waals surface area contributed by atoms with Crippen LogP contribution in [0.4, 0.5) is 0 Å². The molecule has 0 amide bonds. The number of imidazole rings is 1. The third-order valence-corrected chi connectivity index (χ3v) is 3.14. The van der Waals surface area contributed by atoms with Crippen LogP contribution >= 0.6 is 0 Å². The summed E-state index contributed by atoms with van der Waals surface area (Å²) in [6.45, 7) is 0. The largest absolute Gasteiger partial charge is 0.339 e. The van der Waals surface area contributed by atoms with Crippen LogP contribution in [0.15, 0.2) is 54.7 Å². The fourth-order valence-corrected chi connectivity index (χ4v) is 2.39. The van der Waals surface area contributed by atoms with Crippen LogP contribution in [0, 0.1) is 10.2 Å². The van der Waals surface area contributed by atoms with Crippen LogP contribution in [0.1, 0.15) is 0 Å². The summed E-state index contributed by atoms with van der Waals surface area (Å²) >= 11 is 0. The molecule has 0 aliphatic rings. The summed E-state index contributed by atoms with van der Waals surface area (Å²) < 4.78 is 34.9. The minimum atomic E-state index is -4.69. The Balaban J connectivity index is 0.000000233. The number of hydrogen-bond donors (Lipinski definition) is 2. The van der Waals surface area contributed by atoms with E-state index >= 15 is 0 Å². The second-order valence-corrected chi connectivity index (χ2v) is 5.27. The van der Waals surface area contributed by atoms with Gasteiger partial charge in [0.15, 0.2) is 0 Å². The fraction of sp³-hybridized carbons (Fsp3) is 0. The van der Waals surface area contributed by atoms with Crippen LogP contribution in [-0.4, -0.2) is 14.0 Å². The molecule has 6 nitrogen and oxygen atoms in total. The molecular weight excluding hydrogens is 296 g/mol. The molecule has 0 unspecified atom stereocenters. The van der Waals surface area contributed by atoms with E-state index in [2.05, 4.69) is 64.1 Å². The molecule has 0 atom stereocenters. The van der Waals surface area contributed by atoms with E-state index in [9.17, 15) is 0 Å². The van der Waals surface area contributed by atoms with Crippen molar-refractivity contribution in [3.05, 3.63) is 54.7 Å². The van der Waals surface area contributed by atoms with Gasteiger partial charge in [0.1, 0.15) is 5.65 Å². The van der Waals surface area contributed by atoms with Gasteiger partial charge in [-0.25, -0.2) is 0 Å². The molecule has 2 aromatic carbocycles. The van der Waals surface area contributed by atoms with E-state index in [-0.39, 0.29) is 0 Å². The SMILES string of the molecule is [O-][Cl+3]([O-])([O-])O.c1ccc2c(c1)cn1c3ccccc3[nH]c21. The Morgan fingerprint density at radius 3 is 2.33 bits per heavy atom. The Morgan fingerprint density at radius 2 is 1.57 bits per heavy atom. The molecule has 0 spiro atoms. The van der Waals surface area contributed by atoms with Crippen molar-refractivity contribution in [3.8, 4) is 0 Å². The lowest BCUT2D eigenvalue weighted by Gasteiger charge is -2.03. The lowest BCUT2D eigenvalue weighted by Crippen LogP contribution is -2.58. The molecule has 2 N–H and O–H groups in total. The Morgan fingerprint density at radius 1 is 0.952 bits per heavy atom. The summed E-state index contributed by atoms with van der Waals surface area (Å²) in [7, 11) is -4.69. The summed E-state index contributed by atoms with van der Waals surface area (Å²) in [5, 5.41) is 2.55. The molecular formula is C14H11ClN2O4. The van der Waals surface area contributed by atoms with Crippen molar-refractivity contribution in [2.45, 2.75) is 0 Å². The fourth-order valence-electron chi connectivity index (χ4n) is 2.39. The van der Waals surface area contributed by atoms with Gasteiger partial charge in [-0.1, -0.05) is 36.4 Å². The number of halogens is 1. The minimum Gasteiger partial charge on any atom is -0.339 e. The van der Waals surface area contributed by atoms with E-state index in [4.69, 9.17) is 18.6 Å². The zero-order chi connectivity index (χ0) is 15.0. The lowest BCUT2D eigenvalue weighted by molar-refractivity contribution is -1.92. The molecule has 4 aromatic rings. The molecule has 21 heavy (non-hydrogen) atoms. The van der Waals surface area contributed by atoms with Crippen molar-refractivity contribution in [2.75, 3.05) is 0 Å². The Hall–Kier alpha value is -2.09. The van der Waals surface area contributed by atoms with Gasteiger partial charge in [-0.05, 0) is 12.1 Å². The zero-order valence-electron chi connectivity index (χ0n) is 10.7. The van der Waals surface area contributed by atoms with Crippen LogP contribution in [-0.2, 0) is 0 Å². The number of nitrogens with zero attached hydrogens (tertiary/aromatic N) is 1. The second-order valence-electron chi connectivity index (χ2n) is 4.47. The van der Waals surface area contributed by atoms with Gasteiger partial charge in [-0.2, -0.15) is 14.0 Å². The molecule has 0 fully saturated rings. The van der Waals surface area contributed by atoms with Crippen molar-refractivity contribution in [1.82, 2.24) is 9.38 Å². The molecule has 0 aliphatic carbocycles. The van der Waals surface area contributed by atoms with E-state index in [1.807, 2.05) is 0 Å². The Bertz CT molecular complexity index is 832. The number of H-pyrrole nitrogens is 1. The van der Waals surface area contributed by atoms with E-state index < -0.39 is 10.2 Å². The first-order valence-electron chi connectivity index (χ1n) is 6.03. The van der Waals surface area contributed by atoms with Gasteiger partial charge in [-0.3, -0.25) is 0 Å². The number of aromatic nitrogens is 2. The molecule has 2 aromatic heterocycles. The maximum atomic E-state index is 8.60. The van der Waals surface area contributed by atoms with Gasteiger partial charge in [0.05, 0.1) is 25.9 Å². The smallest absolute Gasteiger partial charge is 0.123 e. The van der Waals surface area contributed by atoms with E-state index in [1.165, 1.54) is 27.5 Å². The topological polar surface area (TPSA) is 110 Å². The Labute approximate surface area is 121 Å². The summed E-state index contributed by atoms with van der Waals surface area (Å²) in [6.07, 6.45) is 2.18. The number of benzene rings is 2. The maximum Gasteiger partial charge on any atom is 0.123 e. The number of nitrogens with one attached hydrogen (secondary N) is 1. The predicted octanol–water partition coefficient (Wildman–Crippen LogP) is -0.550. The monoisotopic (exact) mass is 306 g/mol. The third kappa shape index (κ3) is 2.85. The highest BCUT2D eigenvalue weighted by Crippen LogP contribution is 2.25. The molecule has 7 heteroatoms. The van der Waals surface area contributed by atoms with Gasteiger partial charge in [0.2, 0.25) is 0 Å². The van der Waals surface area contributed by atoms with Gasteiger partial charge < -0.3 is 9.38 Å². The molecule has 108 valence electrons. The number of hydrogen-bond acceptors (Lipinski definition) is 4. The number of fused-ring (bicyclic) bond motifs is 5. The summed E-state index contributed by atoms with van der Waals surface area (Å²) in [6, 6.07) is 16.8. The van der Waals surface area contributed by atoms with E-state index in [1.54, 1.807) is 0 Å². The molecule has 0 bridgehead atoms.